The number of fused-ring (bicyclic) bond motifs is 1. The van der Waals surface area contributed by atoms with E-state index in [1.165, 1.54) is 0 Å². The molecule has 0 atom stereocenters. The molecule has 0 radical (unpaired) electrons. The molecule has 2 amide bonds. The molecule has 0 aliphatic rings. The van der Waals surface area contributed by atoms with Crippen molar-refractivity contribution in [3.05, 3.63) is 45.9 Å². The van der Waals surface area contributed by atoms with Gasteiger partial charge in [0, 0.05) is 26.3 Å². The molecule has 0 unspecified atom stereocenters. The maximum atomic E-state index is 12.8. The quantitative estimate of drug-likeness (QED) is 0.422. The summed E-state index contributed by atoms with van der Waals surface area (Å²) >= 11 is 12.4. The van der Waals surface area contributed by atoms with E-state index < -0.39 is 10.8 Å². The lowest BCUT2D eigenvalue weighted by atomic mass is 9.94. The van der Waals surface area contributed by atoms with Gasteiger partial charge in [-0.05, 0) is 47.9 Å². The number of anilines is 2. The second-order valence-electron chi connectivity index (χ2n) is 10.1. The van der Waals surface area contributed by atoms with Gasteiger partial charge < -0.3 is 5.32 Å². The summed E-state index contributed by atoms with van der Waals surface area (Å²) < 4.78 is 0. The monoisotopic (exact) mass is 486 g/mol. The molecule has 0 bridgehead atoms. The Morgan fingerprint density at radius 2 is 1.36 bits per heavy atom. The first kappa shape index (κ1) is 24.9. The van der Waals surface area contributed by atoms with Gasteiger partial charge in [-0.15, -0.1) is 0 Å². The molecule has 0 aliphatic heterocycles. The molecule has 1 aromatic heterocycles. The molecule has 3 aromatic rings. The van der Waals surface area contributed by atoms with Gasteiger partial charge in [0.15, 0.2) is 0 Å². The first-order valence-electron chi connectivity index (χ1n) is 10.6. The Morgan fingerprint density at radius 3 is 1.91 bits per heavy atom. The van der Waals surface area contributed by atoms with E-state index in [1.54, 1.807) is 26.8 Å². The predicted octanol–water partition coefficient (Wildman–Crippen LogP) is 6.88. The van der Waals surface area contributed by atoms with Gasteiger partial charge in [-0.2, -0.15) is 4.98 Å². The largest absolute Gasteiger partial charge is 0.310 e. The number of carbonyl (C=O) groups excluding carboxylic acids is 2. The fraction of sp³-hybridized carbons (Fsp3) is 0.360. The molecule has 8 heteroatoms. The van der Waals surface area contributed by atoms with Gasteiger partial charge >= 0.3 is 0 Å². The Morgan fingerprint density at radius 1 is 0.818 bits per heavy atom. The summed E-state index contributed by atoms with van der Waals surface area (Å²) in [5.41, 5.74) is 1.89. The number of carbonyl (C=O) groups is 2. The molecule has 2 N–H and O–H groups in total. The number of halogens is 2. The number of aromatic nitrogens is 2. The Hall–Kier alpha value is -2.70. The summed E-state index contributed by atoms with van der Waals surface area (Å²) in [7, 11) is 0. The van der Waals surface area contributed by atoms with E-state index in [4.69, 9.17) is 23.2 Å². The predicted molar refractivity (Wildman–Crippen MR) is 136 cm³/mol. The standard InChI is InChI=1S/C25H28Cl2N4O2/c1-13-17(14-10-15(26)12-16(27)11-14)8-9-18-19(13)20(29-21(32)24(2,3)4)30-23(28-18)31-22(33)25(5,6)7/h8-12H,1-7H3,(H2,28,29,30,31,32,33). The van der Waals surface area contributed by atoms with Crippen molar-refractivity contribution in [3.8, 4) is 11.1 Å². The van der Waals surface area contributed by atoms with Crippen molar-refractivity contribution in [2.75, 3.05) is 10.6 Å². The molecule has 0 saturated heterocycles. The summed E-state index contributed by atoms with van der Waals surface area (Å²) in [4.78, 5) is 34.4. The van der Waals surface area contributed by atoms with Crippen molar-refractivity contribution in [1.82, 2.24) is 9.97 Å². The van der Waals surface area contributed by atoms with E-state index in [2.05, 4.69) is 20.6 Å². The van der Waals surface area contributed by atoms with Crippen LogP contribution in [-0.2, 0) is 9.59 Å². The van der Waals surface area contributed by atoms with Crippen LogP contribution in [0.15, 0.2) is 30.3 Å². The van der Waals surface area contributed by atoms with Gasteiger partial charge in [-0.25, -0.2) is 4.98 Å². The lowest BCUT2D eigenvalue weighted by molar-refractivity contribution is -0.123. The Bertz CT molecular complexity index is 1240. The summed E-state index contributed by atoms with van der Waals surface area (Å²) in [5.74, 6) is 0.0317. The molecule has 6 nitrogen and oxygen atoms in total. The zero-order valence-electron chi connectivity index (χ0n) is 19.9. The molecule has 174 valence electrons. The molecule has 3 rings (SSSR count). The molecule has 1 heterocycles. The van der Waals surface area contributed by atoms with Crippen LogP contribution in [0.4, 0.5) is 11.8 Å². The van der Waals surface area contributed by atoms with Crippen LogP contribution in [0, 0.1) is 17.8 Å². The Labute approximate surface area is 204 Å². The third-order valence-electron chi connectivity index (χ3n) is 5.12. The van der Waals surface area contributed by atoms with E-state index in [0.29, 0.717) is 26.8 Å². The van der Waals surface area contributed by atoms with Crippen LogP contribution in [-0.4, -0.2) is 21.8 Å². The summed E-state index contributed by atoms with van der Waals surface area (Å²) in [6, 6.07) is 9.07. The number of benzene rings is 2. The molecule has 0 fully saturated rings. The number of aryl methyl sites for hydroxylation is 1. The van der Waals surface area contributed by atoms with Crippen LogP contribution in [0.1, 0.15) is 47.1 Å². The van der Waals surface area contributed by atoms with Crippen LogP contribution in [0.5, 0.6) is 0 Å². The minimum Gasteiger partial charge on any atom is -0.310 e. The Balaban J connectivity index is 2.23. The number of amides is 2. The molecule has 0 aliphatic carbocycles. The maximum Gasteiger partial charge on any atom is 0.232 e. The topological polar surface area (TPSA) is 84.0 Å². The van der Waals surface area contributed by atoms with E-state index in [-0.39, 0.29) is 17.8 Å². The maximum absolute atomic E-state index is 12.8. The highest BCUT2D eigenvalue weighted by Gasteiger charge is 2.26. The van der Waals surface area contributed by atoms with Crippen molar-refractivity contribution < 1.29 is 9.59 Å². The lowest BCUT2D eigenvalue weighted by Gasteiger charge is -2.21. The van der Waals surface area contributed by atoms with Crippen molar-refractivity contribution in [3.63, 3.8) is 0 Å². The van der Waals surface area contributed by atoms with Crippen LogP contribution >= 0.6 is 23.2 Å². The van der Waals surface area contributed by atoms with Crippen molar-refractivity contribution in [1.29, 1.82) is 0 Å². The summed E-state index contributed by atoms with van der Waals surface area (Å²) in [6.45, 7) is 12.8. The Kier molecular flexibility index (Phi) is 6.74. The van der Waals surface area contributed by atoms with Gasteiger partial charge in [0.1, 0.15) is 5.82 Å². The molecule has 2 aromatic carbocycles. The van der Waals surface area contributed by atoms with Crippen molar-refractivity contribution >= 4 is 57.7 Å². The summed E-state index contributed by atoms with van der Waals surface area (Å²) in [6.07, 6.45) is 0. The van der Waals surface area contributed by atoms with Crippen molar-refractivity contribution in [2.45, 2.75) is 48.5 Å². The third kappa shape index (κ3) is 5.63. The van der Waals surface area contributed by atoms with E-state index in [0.717, 1.165) is 16.7 Å². The fourth-order valence-electron chi connectivity index (χ4n) is 3.14. The van der Waals surface area contributed by atoms with Gasteiger partial charge in [0.05, 0.1) is 5.52 Å². The normalized spacial score (nSPS) is 12.0. The third-order valence-corrected chi connectivity index (χ3v) is 5.55. The molecule has 0 spiro atoms. The fourth-order valence-corrected chi connectivity index (χ4v) is 3.67. The SMILES string of the molecule is Cc1c(-c2cc(Cl)cc(Cl)c2)ccc2nc(NC(=O)C(C)(C)C)nc(NC(=O)C(C)(C)C)c12. The number of nitrogens with one attached hydrogen (secondary N) is 2. The first-order chi connectivity index (χ1) is 15.2. The van der Waals surface area contributed by atoms with E-state index in [9.17, 15) is 9.59 Å². The number of nitrogens with zero attached hydrogens (tertiary/aromatic N) is 2. The van der Waals surface area contributed by atoms with Gasteiger partial charge in [0.25, 0.3) is 0 Å². The minimum absolute atomic E-state index is 0.129. The highest BCUT2D eigenvalue weighted by molar-refractivity contribution is 6.35. The highest BCUT2D eigenvalue weighted by Crippen LogP contribution is 2.36. The average molecular weight is 487 g/mol. The smallest absolute Gasteiger partial charge is 0.232 e. The summed E-state index contributed by atoms with van der Waals surface area (Å²) in [5, 5.41) is 7.41. The van der Waals surface area contributed by atoms with Crippen LogP contribution in [0.2, 0.25) is 10.0 Å². The van der Waals surface area contributed by atoms with Gasteiger partial charge in [-0.1, -0.05) is 70.8 Å². The molecular formula is C25H28Cl2N4O2. The van der Waals surface area contributed by atoms with Crippen LogP contribution < -0.4 is 10.6 Å². The number of hydrogen-bond donors (Lipinski definition) is 2. The molecule has 0 saturated carbocycles. The van der Waals surface area contributed by atoms with Gasteiger partial charge in [-0.3, -0.25) is 14.9 Å². The van der Waals surface area contributed by atoms with E-state index >= 15 is 0 Å². The average Bonchev–Trinajstić information content (AvgIpc) is 2.65. The van der Waals surface area contributed by atoms with Crippen molar-refractivity contribution in [2.24, 2.45) is 10.8 Å². The highest BCUT2D eigenvalue weighted by atomic mass is 35.5. The second kappa shape index (κ2) is 8.92. The first-order valence-corrected chi connectivity index (χ1v) is 11.3. The van der Waals surface area contributed by atoms with Crippen LogP contribution in [0.25, 0.3) is 22.0 Å². The zero-order valence-corrected chi connectivity index (χ0v) is 21.4. The van der Waals surface area contributed by atoms with Gasteiger partial charge in [0.2, 0.25) is 17.8 Å². The van der Waals surface area contributed by atoms with E-state index in [1.807, 2.05) is 52.0 Å². The minimum atomic E-state index is -0.641. The number of rotatable bonds is 3. The van der Waals surface area contributed by atoms with Crippen LogP contribution in [0.3, 0.4) is 0 Å². The zero-order chi connectivity index (χ0) is 24.7. The molecule has 33 heavy (non-hydrogen) atoms. The lowest BCUT2D eigenvalue weighted by Crippen LogP contribution is -2.30. The molecular weight excluding hydrogens is 459 g/mol. The number of hydrogen-bond acceptors (Lipinski definition) is 4. The second-order valence-corrected chi connectivity index (χ2v) is 11.0.